The average molecular weight is 1330 g/mol. The van der Waals surface area contributed by atoms with Gasteiger partial charge in [0.05, 0.1) is 75.5 Å². The van der Waals surface area contributed by atoms with E-state index < -0.39 is 71.6 Å². The van der Waals surface area contributed by atoms with Gasteiger partial charge in [0.15, 0.2) is 11.4 Å². The number of aliphatic hydroxyl groups excluding tert-OH is 2. The number of carbonyl (C=O) groups excluding carboxylic acids is 5. The molecule has 8 rings (SSSR count). The van der Waals surface area contributed by atoms with Gasteiger partial charge in [0.25, 0.3) is 17.4 Å². The topological polar surface area (TPSA) is 279 Å². The molecule has 4 fully saturated rings. The minimum Gasteiger partial charge on any atom is -0.496 e. The lowest BCUT2D eigenvalue weighted by Gasteiger charge is -2.37. The van der Waals surface area contributed by atoms with E-state index in [4.69, 9.17) is 43.4 Å². The molecule has 526 valence electrons. The van der Waals surface area contributed by atoms with Crippen LogP contribution in [0.4, 0.5) is 11.8 Å². The molecule has 1 unspecified atom stereocenters. The maximum Gasteiger partial charge on any atom is 0.329 e. The molecule has 22 nitrogen and oxygen atoms in total. The Morgan fingerprint density at radius 2 is 1.47 bits per heavy atom. The summed E-state index contributed by atoms with van der Waals surface area (Å²) in [5, 5.41) is 37.6. The monoisotopic (exact) mass is 1330 g/mol. The Hall–Kier alpha value is -6.66. The molecule has 3 saturated heterocycles. The van der Waals surface area contributed by atoms with Gasteiger partial charge in [-0.25, -0.2) is 9.78 Å². The van der Waals surface area contributed by atoms with Crippen LogP contribution in [0.3, 0.4) is 0 Å². The number of benzene rings is 1. The van der Waals surface area contributed by atoms with Crippen molar-refractivity contribution in [2.45, 2.75) is 213 Å². The summed E-state index contributed by atoms with van der Waals surface area (Å²) in [5.41, 5.74) is 1.12. The summed E-state index contributed by atoms with van der Waals surface area (Å²) in [5.74, 6) is -4.63. The SMILES string of the molecule is COc1ccc(-c2ccc3c(N4CCOC[C@@H]4C)nc(N4CCOC[C@@H]4C)nc3n2)cc1CO[C@H]1CCCC[C@@H](C)[C@@](O)(N=O)C(=O)C(=O)N2CCCC[C@H]2C(=O)O[C@H](C(C)CC2CCC(O)CC2)CC(=O)[C@H](C)/C=C(\C)[C@@H](O)[C@@H](OC)C(=O)[C@H](C)C[C@H](C)/C=C/C=C/C=C1C. The molecule has 1 saturated carbocycles. The Balaban J connectivity index is 1.06. The molecule has 0 spiro atoms. The van der Waals surface area contributed by atoms with Gasteiger partial charge in [-0.05, 0) is 163 Å². The number of nitroso groups, excluding NO2 is 1. The molecular weight excluding hydrogens is 1230 g/mol. The van der Waals surface area contributed by atoms with Gasteiger partial charge in [0.2, 0.25) is 5.95 Å². The van der Waals surface area contributed by atoms with Crippen LogP contribution in [0.25, 0.3) is 22.3 Å². The second kappa shape index (κ2) is 35.2. The molecule has 1 amide bonds. The van der Waals surface area contributed by atoms with E-state index in [9.17, 15) is 44.2 Å². The Labute approximate surface area is 566 Å². The zero-order chi connectivity index (χ0) is 69.4. The highest BCUT2D eigenvalue weighted by Gasteiger charge is 2.50. The molecular formula is C74H105N7O15. The Morgan fingerprint density at radius 3 is 2.16 bits per heavy atom. The van der Waals surface area contributed by atoms with E-state index in [1.165, 1.54) is 14.0 Å². The molecule has 1 aromatic carbocycles. The number of piperidine rings is 1. The number of cyclic esters (lactones) is 1. The predicted octanol–water partition coefficient (Wildman–Crippen LogP) is 10.3. The minimum absolute atomic E-state index is 0.0269. The summed E-state index contributed by atoms with van der Waals surface area (Å²) in [7, 11) is 2.98. The first kappa shape index (κ1) is 75.1. The van der Waals surface area contributed by atoms with E-state index in [2.05, 4.69) is 28.8 Å². The molecule has 2 aromatic heterocycles. The van der Waals surface area contributed by atoms with E-state index in [-0.39, 0.29) is 79.9 Å². The number of ether oxygens (including phenoxy) is 6. The van der Waals surface area contributed by atoms with E-state index in [0.717, 1.165) is 45.6 Å². The second-order valence-electron chi connectivity index (χ2n) is 27.8. The van der Waals surface area contributed by atoms with Crippen molar-refractivity contribution in [2.75, 3.05) is 70.1 Å². The van der Waals surface area contributed by atoms with Crippen molar-refractivity contribution in [1.82, 2.24) is 19.9 Å². The van der Waals surface area contributed by atoms with Gasteiger partial charge in [-0.2, -0.15) is 9.97 Å². The van der Waals surface area contributed by atoms with Crippen molar-refractivity contribution in [2.24, 2.45) is 40.7 Å². The first-order valence-electron chi connectivity index (χ1n) is 34.9. The predicted molar refractivity (Wildman–Crippen MR) is 367 cm³/mol. The number of rotatable bonds is 12. The molecule has 96 heavy (non-hydrogen) atoms. The fourth-order valence-electron chi connectivity index (χ4n) is 14.2. The Morgan fingerprint density at radius 1 is 0.771 bits per heavy atom. The van der Waals surface area contributed by atoms with Gasteiger partial charge in [0.1, 0.15) is 41.7 Å². The maximum atomic E-state index is 14.5. The first-order valence-corrected chi connectivity index (χ1v) is 34.9. The molecule has 0 bridgehead atoms. The number of nitrogens with zero attached hydrogens (tertiary/aromatic N) is 7. The third-order valence-electron chi connectivity index (χ3n) is 20.4. The highest BCUT2D eigenvalue weighted by Crippen LogP contribution is 2.37. The quantitative estimate of drug-likeness (QED) is 0.0658. The van der Waals surface area contributed by atoms with Gasteiger partial charge >= 0.3 is 5.97 Å². The summed E-state index contributed by atoms with van der Waals surface area (Å²) in [6, 6.07) is 8.76. The van der Waals surface area contributed by atoms with Crippen molar-refractivity contribution < 1.29 is 67.7 Å². The molecule has 0 radical (unpaired) electrons. The number of carbonyl (C=O) groups is 5. The van der Waals surface area contributed by atoms with Crippen molar-refractivity contribution in [3.8, 4) is 17.0 Å². The summed E-state index contributed by atoms with van der Waals surface area (Å²) in [4.78, 5) is 105. The number of Topliss-reactive ketones (excluding diaryl/α,β-unsaturated/α-hetero) is 3. The second-order valence-corrected chi connectivity index (χ2v) is 27.8. The summed E-state index contributed by atoms with van der Waals surface area (Å²) in [6.45, 7) is 20.5. The number of aromatic nitrogens is 3. The third kappa shape index (κ3) is 19.0. The number of allylic oxidation sites excluding steroid dienone is 6. The van der Waals surface area contributed by atoms with E-state index in [1.54, 1.807) is 27.0 Å². The number of aliphatic hydroxyl groups is 3. The third-order valence-corrected chi connectivity index (χ3v) is 20.4. The van der Waals surface area contributed by atoms with Gasteiger partial charge < -0.3 is 58.4 Å². The fourth-order valence-corrected chi connectivity index (χ4v) is 14.2. The van der Waals surface area contributed by atoms with Gasteiger partial charge in [-0.1, -0.05) is 83.9 Å². The van der Waals surface area contributed by atoms with Gasteiger partial charge in [-0.15, -0.1) is 4.91 Å². The molecule has 13 atom stereocenters. The van der Waals surface area contributed by atoms with Crippen molar-refractivity contribution in [1.29, 1.82) is 0 Å². The van der Waals surface area contributed by atoms with E-state index >= 15 is 0 Å². The molecule has 5 aliphatic rings. The van der Waals surface area contributed by atoms with Crippen LogP contribution in [0.2, 0.25) is 0 Å². The zero-order valence-electron chi connectivity index (χ0n) is 58.4. The normalized spacial score (nSPS) is 32.2. The lowest BCUT2D eigenvalue weighted by Crippen LogP contribution is -2.57. The highest BCUT2D eigenvalue weighted by molar-refractivity contribution is 6.39. The smallest absolute Gasteiger partial charge is 0.329 e. The number of fused-ring (bicyclic) bond motifs is 2. The molecule has 3 aromatic rings. The number of esters is 1. The van der Waals surface area contributed by atoms with Crippen LogP contribution in [0.5, 0.6) is 5.75 Å². The van der Waals surface area contributed by atoms with Gasteiger partial charge in [0, 0.05) is 62.0 Å². The van der Waals surface area contributed by atoms with Crippen molar-refractivity contribution in [3.63, 3.8) is 0 Å². The standard InChI is InChI=1S/C74H105N7O15/c1-45-19-13-12-14-20-46(2)62(95-44-56-40-55(26-31-63(56)91-10)59-30-29-58-69(75-59)76-73(80-34-36-94-43-53(80)9)77-70(58)79-33-35-93-42-52(79)8)23-16-15-21-51(7)74(89,78-90)68(86)71(87)81-32-18-17-22-60(81)72(88)96-64(48(4)39-54-24-27-57(82)28-25-54)41-61(83)47(3)38-50(6)66(85)67(92-11)65(84)49(5)37-45/h12-14,19-20,26,29-31,38,40,45,47-49,51-54,57,60,62,64,66-67,82,85,89H,15-18,21-25,27-28,32-37,39,41-44H2,1-11H3/b14-12+,19-13+,46-20?,50-38+/t45-,47-,48?,49-,51-,52+,53+,54?,57?,60+,62+,64+,66-,67+,74+/m1/s1. The van der Waals surface area contributed by atoms with Crippen LogP contribution in [-0.2, 0) is 54.3 Å². The molecule has 6 heterocycles. The number of morpholine rings is 2. The fraction of sp³-hybridized carbons (Fsp3) is 0.649. The summed E-state index contributed by atoms with van der Waals surface area (Å²) in [6.07, 6.45) is 13.1. The van der Waals surface area contributed by atoms with Crippen molar-refractivity contribution in [3.05, 3.63) is 88.4 Å². The summed E-state index contributed by atoms with van der Waals surface area (Å²) < 4.78 is 36.3. The number of amides is 1. The lowest BCUT2D eigenvalue weighted by molar-refractivity contribution is -0.169. The minimum atomic E-state index is -2.95. The van der Waals surface area contributed by atoms with E-state index in [0.29, 0.717) is 126 Å². The number of methoxy groups -OCH3 is 2. The zero-order valence-corrected chi connectivity index (χ0v) is 58.4. The van der Waals surface area contributed by atoms with Crippen LogP contribution in [0.15, 0.2) is 83.1 Å². The number of hydrogen-bond acceptors (Lipinski definition) is 21. The number of ketones is 3. The van der Waals surface area contributed by atoms with Gasteiger partial charge in [-0.3, -0.25) is 19.2 Å². The molecule has 3 N–H and O–H groups in total. The van der Waals surface area contributed by atoms with Crippen LogP contribution < -0.4 is 14.5 Å². The molecule has 4 aliphatic heterocycles. The van der Waals surface area contributed by atoms with Crippen LogP contribution in [0, 0.1) is 40.4 Å². The van der Waals surface area contributed by atoms with E-state index in [1.807, 2.05) is 88.4 Å². The molecule has 1 aliphatic carbocycles. The van der Waals surface area contributed by atoms with Crippen LogP contribution >= 0.6 is 0 Å². The first-order chi connectivity index (χ1) is 46.0. The maximum absolute atomic E-state index is 14.5. The number of pyridine rings is 1. The highest BCUT2D eigenvalue weighted by atomic mass is 16.5. The largest absolute Gasteiger partial charge is 0.496 e. The van der Waals surface area contributed by atoms with Crippen LogP contribution in [0.1, 0.15) is 158 Å². The summed E-state index contributed by atoms with van der Waals surface area (Å²) >= 11 is 0. The average Bonchev–Trinajstić information content (AvgIpc) is 0.771. The number of hydrogen-bond donors (Lipinski definition) is 3. The van der Waals surface area contributed by atoms with Crippen molar-refractivity contribution >= 4 is 52.0 Å². The number of anilines is 2. The Bertz CT molecular complexity index is 3290. The molecule has 22 heteroatoms. The lowest BCUT2D eigenvalue weighted by atomic mass is 9.79. The van der Waals surface area contributed by atoms with Crippen LogP contribution in [-0.4, -0.2) is 179 Å². The Kier molecular flexibility index (Phi) is 27.6.